The Balaban J connectivity index is 1.54. The first-order chi connectivity index (χ1) is 14.8. The first kappa shape index (κ1) is 23.1. The molecule has 3 rings (SSSR count). The Morgan fingerprint density at radius 2 is 1.77 bits per heavy atom. The van der Waals surface area contributed by atoms with Gasteiger partial charge in [0.05, 0.1) is 24.0 Å². The number of amides is 1. The fraction of sp³-hybridized carbons (Fsp3) is 0.435. The van der Waals surface area contributed by atoms with Gasteiger partial charge < -0.3 is 14.8 Å². The van der Waals surface area contributed by atoms with Gasteiger partial charge in [0.25, 0.3) is 0 Å². The van der Waals surface area contributed by atoms with Crippen LogP contribution in [0.4, 0.5) is 0 Å². The van der Waals surface area contributed by atoms with E-state index in [1.165, 1.54) is 4.31 Å². The highest BCUT2D eigenvalue weighted by molar-refractivity contribution is 7.89. The average molecular weight is 447 g/mol. The molecule has 0 saturated carbocycles. The van der Waals surface area contributed by atoms with Gasteiger partial charge >= 0.3 is 0 Å². The van der Waals surface area contributed by atoms with E-state index in [1.54, 1.807) is 31.4 Å². The number of nitrogens with zero attached hydrogens (tertiary/aromatic N) is 1. The van der Waals surface area contributed by atoms with E-state index in [9.17, 15) is 13.2 Å². The van der Waals surface area contributed by atoms with Crippen molar-refractivity contribution in [3.8, 4) is 11.5 Å². The second kappa shape index (κ2) is 10.2. The lowest BCUT2D eigenvalue weighted by Crippen LogP contribution is -2.48. The van der Waals surface area contributed by atoms with Crippen molar-refractivity contribution in [3.05, 3.63) is 54.1 Å². The van der Waals surface area contributed by atoms with Crippen LogP contribution in [0.2, 0.25) is 0 Å². The third-order valence-corrected chi connectivity index (χ3v) is 7.24. The van der Waals surface area contributed by atoms with Gasteiger partial charge in [0.2, 0.25) is 15.9 Å². The molecule has 8 heteroatoms. The van der Waals surface area contributed by atoms with Gasteiger partial charge in [-0.05, 0) is 63.1 Å². The first-order valence-corrected chi connectivity index (χ1v) is 11.9. The highest BCUT2D eigenvalue weighted by Gasteiger charge is 2.33. The SMILES string of the molecule is COc1ccc(OC[C@@H](C)NC(=O)[C@H]2CCCN(S(=O)(=O)c3ccc(C)cc3)C2)cc1. The van der Waals surface area contributed by atoms with E-state index in [2.05, 4.69) is 5.32 Å². The smallest absolute Gasteiger partial charge is 0.243 e. The Morgan fingerprint density at radius 3 is 2.42 bits per heavy atom. The molecule has 2 aromatic rings. The van der Waals surface area contributed by atoms with Crippen molar-refractivity contribution >= 4 is 15.9 Å². The largest absolute Gasteiger partial charge is 0.497 e. The lowest BCUT2D eigenvalue weighted by Gasteiger charge is -2.31. The van der Waals surface area contributed by atoms with Crippen molar-refractivity contribution in [3.63, 3.8) is 0 Å². The molecule has 0 spiro atoms. The summed E-state index contributed by atoms with van der Waals surface area (Å²) in [6.45, 7) is 4.71. The third-order valence-electron chi connectivity index (χ3n) is 5.36. The minimum Gasteiger partial charge on any atom is -0.497 e. The standard InChI is InChI=1S/C23H30N2O5S/c1-17-6-12-22(13-7-17)31(27,28)25-14-4-5-19(15-25)23(26)24-18(2)16-30-21-10-8-20(29-3)9-11-21/h6-13,18-19H,4-5,14-16H2,1-3H3,(H,24,26)/t18-,19+/m1/s1. The highest BCUT2D eigenvalue weighted by atomic mass is 32.2. The van der Waals surface area contributed by atoms with Crippen molar-refractivity contribution < 1.29 is 22.7 Å². The lowest BCUT2D eigenvalue weighted by molar-refractivity contribution is -0.126. The molecule has 7 nitrogen and oxygen atoms in total. The number of rotatable bonds is 8. The summed E-state index contributed by atoms with van der Waals surface area (Å²) >= 11 is 0. The Hall–Kier alpha value is -2.58. The minimum atomic E-state index is -3.61. The van der Waals surface area contributed by atoms with Gasteiger partial charge in [0.15, 0.2) is 0 Å². The zero-order valence-corrected chi connectivity index (χ0v) is 19.0. The molecule has 168 valence electrons. The Kier molecular flexibility index (Phi) is 7.56. The zero-order chi connectivity index (χ0) is 22.4. The maximum atomic E-state index is 13.0. The van der Waals surface area contributed by atoms with Crippen LogP contribution in [0.1, 0.15) is 25.3 Å². The Morgan fingerprint density at radius 1 is 1.13 bits per heavy atom. The van der Waals surface area contributed by atoms with Gasteiger partial charge in [-0.3, -0.25) is 4.79 Å². The quantitative estimate of drug-likeness (QED) is 0.674. The maximum absolute atomic E-state index is 13.0. The third kappa shape index (κ3) is 5.98. The predicted octanol–water partition coefficient (Wildman–Crippen LogP) is 2.99. The minimum absolute atomic E-state index is 0.144. The number of sulfonamides is 1. The van der Waals surface area contributed by atoms with E-state index in [0.29, 0.717) is 31.7 Å². The van der Waals surface area contributed by atoms with E-state index < -0.39 is 10.0 Å². The van der Waals surface area contributed by atoms with E-state index in [0.717, 1.165) is 11.3 Å². The van der Waals surface area contributed by atoms with Crippen LogP contribution >= 0.6 is 0 Å². The fourth-order valence-electron chi connectivity index (χ4n) is 3.53. The van der Waals surface area contributed by atoms with Crippen LogP contribution in [-0.2, 0) is 14.8 Å². The molecule has 0 aromatic heterocycles. The molecule has 0 bridgehead atoms. The van der Waals surface area contributed by atoms with Crippen LogP contribution in [0.3, 0.4) is 0 Å². The number of benzene rings is 2. The van der Waals surface area contributed by atoms with Crippen molar-refractivity contribution in [1.82, 2.24) is 9.62 Å². The molecular weight excluding hydrogens is 416 g/mol. The highest BCUT2D eigenvalue weighted by Crippen LogP contribution is 2.24. The summed E-state index contributed by atoms with van der Waals surface area (Å²) in [6, 6.07) is 13.8. The van der Waals surface area contributed by atoms with Crippen LogP contribution < -0.4 is 14.8 Å². The molecule has 1 saturated heterocycles. The summed E-state index contributed by atoms with van der Waals surface area (Å²) in [6.07, 6.45) is 1.32. The number of carbonyl (C=O) groups is 1. The molecule has 31 heavy (non-hydrogen) atoms. The Bertz CT molecular complexity index is 974. The lowest BCUT2D eigenvalue weighted by atomic mass is 9.98. The molecule has 2 atom stereocenters. The van der Waals surface area contributed by atoms with Gasteiger partial charge in [0.1, 0.15) is 18.1 Å². The molecule has 0 radical (unpaired) electrons. The van der Waals surface area contributed by atoms with E-state index >= 15 is 0 Å². The topological polar surface area (TPSA) is 84.9 Å². The number of aryl methyl sites for hydroxylation is 1. The summed E-state index contributed by atoms with van der Waals surface area (Å²) in [5.74, 6) is 0.915. The molecule has 0 aliphatic carbocycles. The van der Waals surface area contributed by atoms with E-state index in [-0.39, 0.29) is 29.3 Å². The summed E-state index contributed by atoms with van der Waals surface area (Å²) in [5, 5.41) is 2.95. The molecule has 1 amide bonds. The number of carbonyl (C=O) groups excluding carboxylic acids is 1. The number of piperidine rings is 1. The molecule has 1 N–H and O–H groups in total. The number of hydrogen-bond donors (Lipinski definition) is 1. The van der Waals surface area contributed by atoms with Crippen LogP contribution in [0, 0.1) is 12.8 Å². The van der Waals surface area contributed by atoms with Crippen LogP contribution in [0.5, 0.6) is 11.5 Å². The summed E-state index contributed by atoms with van der Waals surface area (Å²) in [5.41, 5.74) is 1.00. The molecule has 1 heterocycles. The van der Waals surface area contributed by atoms with Crippen molar-refractivity contribution in [2.75, 3.05) is 26.8 Å². The molecule has 1 aliphatic heterocycles. The number of methoxy groups -OCH3 is 1. The zero-order valence-electron chi connectivity index (χ0n) is 18.2. The van der Waals surface area contributed by atoms with Crippen LogP contribution in [0.25, 0.3) is 0 Å². The maximum Gasteiger partial charge on any atom is 0.243 e. The molecule has 2 aromatic carbocycles. The van der Waals surface area contributed by atoms with Crippen LogP contribution in [-0.4, -0.2) is 51.5 Å². The monoisotopic (exact) mass is 446 g/mol. The van der Waals surface area contributed by atoms with E-state index in [4.69, 9.17) is 9.47 Å². The first-order valence-electron chi connectivity index (χ1n) is 10.4. The van der Waals surface area contributed by atoms with Crippen molar-refractivity contribution in [2.24, 2.45) is 5.92 Å². The summed E-state index contributed by atoms with van der Waals surface area (Å²) in [4.78, 5) is 13.0. The fourth-order valence-corrected chi connectivity index (χ4v) is 5.05. The summed E-state index contributed by atoms with van der Waals surface area (Å²) in [7, 11) is -2.00. The molecule has 0 unspecified atom stereocenters. The van der Waals surface area contributed by atoms with Crippen LogP contribution in [0.15, 0.2) is 53.4 Å². The second-order valence-corrected chi connectivity index (χ2v) is 9.85. The predicted molar refractivity (Wildman–Crippen MR) is 119 cm³/mol. The van der Waals surface area contributed by atoms with Gasteiger partial charge in [-0.2, -0.15) is 4.31 Å². The molecular formula is C23H30N2O5S. The number of hydrogen-bond acceptors (Lipinski definition) is 5. The van der Waals surface area contributed by atoms with Gasteiger partial charge in [0, 0.05) is 13.1 Å². The normalized spacial score (nSPS) is 18.2. The summed E-state index contributed by atoms with van der Waals surface area (Å²) < 4.78 is 38.2. The van der Waals surface area contributed by atoms with Gasteiger partial charge in [-0.1, -0.05) is 17.7 Å². The average Bonchev–Trinajstić information content (AvgIpc) is 2.78. The van der Waals surface area contributed by atoms with Crippen molar-refractivity contribution in [2.45, 2.75) is 37.6 Å². The van der Waals surface area contributed by atoms with E-state index in [1.807, 2.05) is 38.1 Å². The molecule has 1 aliphatic rings. The van der Waals surface area contributed by atoms with Crippen molar-refractivity contribution in [1.29, 1.82) is 0 Å². The number of nitrogens with one attached hydrogen (secondary N) is 1. The molecule has 1 fully saturated rings. The van der Waals surface area contributed by atoms with Gasteiger partial charge in [-0.25, -0.2) is 8.42 Å². The Labute approximate surface area is 184 Å². The van der Waals surface area contributed by atoms with Gasteiger partial charge in [-0.15, -0.1) is 0 Å². The number of ether oxygens (including phenoxy) is 2. The second-order valence-electron chi connectivity index (χ2n) is 7.91.